The SMILES string of the molecule is CC(C(N)=O)[C@@H](C)c1ccc(OCC(F)(F)F)s1. The summed E-state index contributed by atoms with van der Waals surface area (Å²) < 4.78 is 40.5. The maximum absolute atomic E-state index is 12.0. The lowest BCUT2D eigenvalue weighted by molar-refractivity contribution is -0.152. The number of halogens is 3. The number of hydrogen-bond acceptors (Lipinski definition) is 3. The van der Waals surface area contributed by atoms with Gasteiger partial charge in [0.2, 0.25) is 5.91 Å². The van der Waals surface area contributed by atoms with E-state index in [0.717, 1.165) is 16.2 Å². The van der Waals surface area contributed by atoms with Crippen LogP contribution in [0.15, 0.2) is 12.1 Å². The standard InChI is InChI=1S/C11H14F3NO2S/c1-6(7(2)10(15)16)8-3-4-9(18-8)17-5-11(12,13)14/h3-4,6-7H,5H2,1-2H3,(H2,15,16)/t6-,7?/m1/s1. The van der Waals surface area contributed by atoms with Crippen LogP contribution in [0, 0.1) is 5.92 Å². The lowest BCUT2D eigenvalue weighted by Gasteiger charge is -2.14. The highest BCUT2D eigenvalue weighted by molar-refractivity contribution is 7.13. The van der Waals surface area contributed by atoms with E-state index < -0.39 is 18.7 Å². The first-order valence-electron chi connectivity index (χ1n) is 5.29. The Bertz CT molecular complexity index is 417. The summed E-state index contributed by atoms with van der Waals surface area (Å²) >= 11 is 1.10. The number of hydrogen-bond donors (Lipinski definition) is 1. The molecule has 7 heteroatoms. The third-order valence-corrected chi connectivity index (χ3v) is 3.83. The number of carbonyl (C=O) groups excluding carboxylic acids is 1. The summed E-state index contributed by atoms with van der Waals surface area (Å²) in [5.41, 5.74) is 5.18. The number of thiophene rings is 1. The maximum Gasteiger partial charge on any atom is 0.422 e. The van der Waals surface area contributed by atoms with E-state index in [1.165, 1.54) is 6.07 Å². The molecule has 0 fully saturated rings. The van der Waals surface area contributed by atoms with E-state index >= 15 is 0 Å². The average molecular weight is 281 g/mol. The van der Waals surface area contributed by atoms with Crippen molar-refractivity contribution in [2.75, 3.05) is 6.61 Å². The molecule has 0 aliphatic carbocycles. The Hall–Kier alpha value is -1.24. The van der Waals surface area contributed by atoms with Gasteiger partial charge in [-0.25, -0.2) is 0 Å². The summed E-state index contributed by atoms with van der Waals surface area (Å²) in [4.78, 5) is 11.8. The Balaban J connectivity index is 2.66. The number of primary amides is 1. The van der Waals surface area contributed by atoms with Crippen LogP contribution in [0.5, 0.6) is 5.06 Å². The van der Waals surface area contributed by atoms with Gasteiger partial charge in [-0.2, -0.15) is 13.2 Å². The molecule has 0 spiro atoms. The Morgan fingerprint density at radius 2 is 2.06 bits per heavy atom. The minimum absolute atomic E-state index is 0.143. The topological polar surface area (TPSA) is 52.3 Å². The van der Waals surface area contributed by atoms with Crippen molar-refractivity contribution in [1.29, 1.82) is 0 Å². The van der Waals surface area contributed by atoms with Gasteiger partial charge in [-0.3, -0.25) is 4.79 Å². The second kappa shape index (κ2) is 5.60. The summed E-state index contributed by atoms with van der Waals surface area (Å²) in [7, 11) is 0. The second-order valence-electron chi connectivity index (χ2n) is 4.04. The molecule has 1 unspecified atom stereocenters. The lowest BCUT2D eigenvalue weighted by Crippen LogP contribution is -2.24. The van der Waals surface area contributed by atoms with Crippen LogP contribution >= 0.6 is 11.3 Å². The Kier molecular flexibility index (Phi) is 4.61. The van der Waals surface area contributed by atoms with Gasteiger partial charge in [0.15, 0.2) is 11.7 Å². The molecule has 18 heavy (non-hydrogen) atoms. The van der Waals surface area contributed by atoms with Crippen LogP contribution in [0.25, 0.3) is 0 Å². The summed E-state index contributed by atoms with van der Waals surface area (Å²) in [5.74, 6) is -0.955. The van der Waals surface area contributed by atoms with E-state index in [1.54, 1.807) is 19.9 Å². The molecule has 1 heterocycles. The van der Waals surface area contributed by atoms with Gasteiger partial charge in [-0.05, 0) is 12.1 Å². The molecule has 1 rings (SSSR count). The molecule has 0 radical (unpaired) electrons. The Labute approximate surface area is 107 Å². The number of amides is 1. The van der Waals surface area contributed by atoms with Crippen LogP contribution in [0.4, 0.5) is 13.2 Å². The Morgan fingerprint density at radius 1 is 1.44 bits per heavy atom. The number of alkyl halides is 3. The molecule has 1 amide bonds. The van der Waals surface area contributed by atoms with Gasteiger partial charge in [0.25, 0.3) is 0 Å². The highest BCUT2D eigenvalue weighted by Gasteiger charge is 2.29. The fraction of sp³-hybridized carbons (Fsp3) is 0.545. The molecule has 0 saturated heterocycles. The van der Waals surface area contributed by atoms with Crippen LogP contribution in [0.3, 0.4) is 0 Å². The smallest absolute Gasteiger partial charge is 0.422 e. The van der Waals surface area contributed by atoms with Crippen LogP contribution in [0.2, 0.25) is 0 Å². The monoisotopic (exact) mass is 281 g/mol. The van der Waals surface area contributed by atoms with E-state index in [2.05, 4.69) is 4.74 Å². The van der Waals surface area contributed by atoms with Crippen LogP contribution in [-0.4, -0.2) is 18.7 Å². The zero-order valence-corrected chi connectivity index (χ0v) is 10.8. The first kappa shape index (κ1) is 14.8. The minimum atomic E-state index is -4.35. The number of rotatable bonds is 5. The average Bonchev–Trinajstić information content (AvgIpc) is 2.71. The molecule has 0 saturated carbocycles. The minimum Gasteiger partial charge on any atom is -0.475 e. The first-order valence-corrected chi connectivity index (χ1v) is 6.11. The summed E-state index contributed by atoms with van der Waals surface area (Å²) in [6, 6.07) is 3.12. The van der Waals surface area contributed by atoms with Gasteiger partial charge in [0, 0.05) is 16.7 Å². The molecular weight excluding hydrogens is 267 g/mol. The number of carbonyl (C=O) groups is 1. The maximum atomic E-state index is 12.0. The highest BCUT2D eigenvalue weighted by Crippen LogP contribution is 2.34. The highest BCUT2D eigenvalue weighted by atomic mass is 32.1. The van der Waals surface area contributed by atoms with Gasteiger partial charge in [0.1, 0.15) is 0 Å². The lowest BCUT2D eigenvalue weighted by atomic mass is 9.94. The van der Waals surface area contributed by atoms with Crippen molar-refractivity contribution in [2.24, 2.45) is 11.7 Å². The summed E-state index contributed by atoms with van der Waals surface area (Å²) in [6.07, 6.45) is -4.35. The fourth-order valence-electron chi connectivity index (χ4n) is 1.30. The van der Waals surface area contributed by atoms with Crippen molar-refractivity contribution in [2.45, 2.75) is 25.9 Å². The van der Waals surface area contributed by atoms with Gasteiger partial charge >= 0.3 is 6.18 Å². The van der Waals surface area contributed by atoms with E-state index in [9.17, 15) is 18.0 Å². The fourth-order valence-corrected chi connectivity index (χ4v) is 2.31. The molecule has 102 valence electrons. The van der Waals surface area contributed by atoms with Crippen molar-refractivity contribution in [3.63, 3.8) is 0 Å². The quantitative estimate of drug-likeness (QED) is 0.902. The van der Waals surface area contributed by atoms with Gasteiger partial charge < -0.3 is 10.5 Å². The number of nitrogens with two attached hydrogens (primary N) is 1. The van der Waals surface area contributed by atoms with Crippen LogP contribution in [0.1, 0.15) is 24.6 Å². The zero-order valence-electron chi connectivity index (χ0n) is 9.95. The molecule has 0 bridgehead atoms. The van der Waals surface area contributed by atoms with Gasteiger partial charge in [-0.1, -0.05) is 13.8 Å². The molecule has 0 aromatic carbocycles. The molecular formula is C11H14F3NO2S. The largest absolute Gasteiger partial charge is 0.475 e. The normalized spacial score (nSPS) is 15.2. The third kappa shape index (κ3) is 4.21. The summed E-state index contributed by atoms with van der Waals surface area (Å²) in [5, 5.41) is 0.186. The third-order valence-electron chi connectivity index (χ3n) is 2.63. The predicted octanol–water partition coefficient (Wildman–Crippen LogP) is 2.91. The molecule has 1 aromatic rings. The molecule has 2 N–H and O–H groups in total. The van der Waals surface area contributed by atoms with Crippen molar-refractivity contribution in [3.8, 4) is 5.06 Å². The van der Waals surface area contributed by atoms with E-state index in [0.29, 0.717) is 0 Å². The van der Waals surface area contributed by atoms with Crippen LogP contribution < -0.4 is 10.5 Å². The first-order chi connectivity index (χ1) is 8.20. The molecule has 2 atom stereocenters. The van der Waals surface area contributed by atoms with E-state index in [1.807, 2.05) is 0 Å². The van der Waals surface area contributed by atoms with Crippen molar-refractivity contribution < 1.29 is 22.7 Å². The van der Waals surface area contributed by atoms with Crippen molar-refractivity contribution >= 4 is 17.2 Å². The zero-order chi connectivity index (χ0) is 13.9. The van der Waals surface area contributed by atoms with E-state index in [4.69, 9.17) is 5.73 Å². The van der Waals surface area contributed by atoms with E-state index in [-0.39, 0.29) is 16.9 Å². The van der Waals surface area contributed by atoms with Crippen molar-refractivity contribution in [1.82, 2.24) is 0 Å². The molecule has 1 aromatic heterocycles. The van der Waals surface area contributed by atoms with Gasteiger partial charge in [-0.15, -0.1) is 11.3 Å². The summed E-state index contributed by atoms with van der Waals surface area (Å²) in [6.45, 7) is 2.17. The number of ether oxygens (including phenoxy) is 1. The predicted molar refractivity (Wildman–Crippen MR) is 62.6 cm³/mol. The van der Waals surface area contributed by atoms with Crippen molar-refractivity contribution in [3.05, 3.63) is 17.0 Å². The molecule has 3 nitrogen and oxygen atoms in total. The molecule has 0 aliphatic heterocycles. The van der Waals surface area contributed by atoms with Crippen LogP contribution in [-0.2, 0) is 4.79 Å². The second-order valence-corrected chi connectivity index (χ2v) is 5.12. The Morgan fingerprint density at radius 3 is 2.56 bits per heavy atom. The van der Waals surface area contributed by atoms with Gasteiger partial charge in [0.05, 0.1) is 0 Å². The molecule has 0 aliphatic rings.